The summed E-state index contributed by atoms with van der Waals surface area (Å²) >= 11 is 0. The summed E-state index contributed by atoms with van der Waals surface area (Å²) < 4.78 is 1.80. The maximum absolute atomic E-state index is 5.63. The van der Waals surface area contributed by atoms with Crippen molar-refractivity contribution < 1.29 is 0 Å². The number of nitrogens with two attached hydrogens (primary N) is 1. The van der Waals surface area contributed by atoms with E-state index >= 15 is 0 Å². The molecule has 2 rings (SSSR count). The smallest absolute Gasteiger partial charge is 0.222 e. The van der Waals surface area contributed by atoms with E-state index in [1.54, 1.807) is 4.68 Å². The molecular weight excluding hydrogens is 202 g/mol. The van der Waals surface area contributed by atoms with E-state index in [0.717, 1.165) is 22.9 Å². The third-order valence-corrected chi connectivity index (χ3v) is 2.73. The minimum absolute atomic E-state index is 0.278. The summed E-state index contributed by atoms with van der Waals surface area (Å²) in [5.41, 5.74) is 9.73. The largest absolute Gasteiger partial charge is 0.368 e. The molecule has 0 aliphatic carbocycles. The van der Waals surface area contributed by atoms with Gasteiger partial charge in [0.25, 0.3) is 0 Å². The quantitative estimate of drug-likeness (QED) is 0.785. The van der Waals surface area contributed by atoms with Crippen molar-refractivity contribution in [3.63, 3.8) is 0 Å². The zero-order valence-electron chi connectivity index (χ0n) is 9.94. The number of nitrogen functional groups attached to an aromatic ring is 1. The van der Waals surface area contributed by atoms with Crippen molar-refractivity contribution in [2.45, 2.75) is 27.7 Å². The van der Waals surface area contributed by atoms with Gasteiger partial charge in [-0.25, -0.2) is 9.67 Å². The number of hydrogen-bond donors (Lipinski definition) is 1. The first-order chi connectivity index (χ1) is 7.49. The summed E-state index contributed by atoms with van der Waals surface area (Å²) in [5, 5.41) is 4.43. The molecule has 2 aromatic rings. The summed E-state index contributed by atoms with van der Waals surface area (Å²) in [6, 6.07) is 1.87. The summed E-state index contributed by atoms with van der Waals surface area (Å²) in [7, 11) is 0. The summed E-state index contributed by atoms with van der Waals surface area (Å²) in [6.45, 7) is 7.94. The van der Waals surface area contributed by atoms with E-state index in [2.05, 4.69) is 15.1 Å². The third kappa shape index (κ3) is 1.64. The lowest BCUT2D eigenvalue weighted by Gasteiger charge is -2.05. The highest BCUT2D eigenvalue weighted by Gasteiger charge is 2.10. The molecule has 2 heterocycles. The number of aromatic nitrogens is 4. The van der Waals surface area contributed by atoms with Crippen LogP contribution in [0.4, 0.5) is 5.95 Å². The number of rotatable bonds is 1. The van der Waals surface area contributed by atoms with Crippen LogP contribution in [0.2, 0.25) is 0 Å². The molecule has 2 aromatic heterocycles. The molecule has 0 bridgehead atoms. The SMILES string of the molecule is Cc1cc(-n2nc(C)c(C)c2C)nc(N)n1. The monoisotopic (exact) mass is 217 g/mol. The van der Waals surface area contributed by atoms with E-state index in [0.29, 0.717) is 0 Å². The van der Waals surface area contributed by atoms with Crippen LogP contribution in [0.25, 0.3) is 5.82 Å². The van der Waals surface area contributed by atoms with Crippen LogP contribution in [0.1, 0.15) is 22.6 Å². The Balaban J connectivity index is 2.62. The molecule has 5 nitrogen and oxygen atoms in total. The zero-order chi connectivity index (χ0) is 11.9. The van der Waals surface area contributed by atoms with Crippen LogP contribution < -0.4 is 5.73 Å². The first kappa shape index (κ1) is 10.6. The fourth-order valence-corrected chi connectivity index (χ4v) is 1.63. The van der Waals surface area contributed by atoms with Gasteiger partial charge in [0.1, 0.15) is 0 Å². The molecule has 0 aromatic carbocycles. The van der Waals surface area contributed by atoms with Gasteiger partial charge < -0.3 is 5.73 Å². The molecule has 0 saturated heterocycles. The highest BCUT2D eigenvalue weighted by molar-refractivity contribution is 5.35. The Morgan fingerprint density at radius 1 is 1.12 bits per heavy atom. The van der Waals surface area contributed by atoms with E-state index in [1.807, 2.05) is 33.8 Å². The van der Waals surface area contributed by atoms with Gasteiger partial charge in [-0.3, -0.25) is 0 Å². The van der Waals surface area contributed by atoms with E-state index in [9.17, 15) is 0 Å². The fourth-order valence-electron chi connectivity index (χ4n) is 1.63. The number of aryl methyl sites for hydroxylation is 2. The Bertz CT molecular complexity index is 521. The highest BCUT2D eigenvalue weighted by Crippen LogP contribution is 2.16. The maximum Gasteiger partial charge on any atom is 0.222 e. The van der Waals surface area contributed by atoms with Gasteiger partial charge in [-0.1, -0.05) is 0 Å². The summed E-state index contributed by atoms with van der Waals surface area (Å²) in [6.07, 6.45) is 0. The lowest BCUT2D eigenvalue weighted by atomic mass is 10.2. The third-order valence-electron chi connectivity index (χ3n) is 2.73. The average molecular weight is 217 g/mol. The topological polar surface area (TPSA) is 69.6 Å². The number of anilines is 1. The van der Waals surface area contributed by atoms with Crippen LogP contribution in [0.5, 0.6) is 0 Å². The second-order valence-corrected chi connectivity index (χ2v) is 3.93. The summed E-state index contributed by atoms with van der Waals surface area (Å²) in [4.78, 5) is 8.23. The molecule has 0 atom stereocenters. The Morgan fingerprint density at radius 3 is 2.31 bits per heavy atom. The van der Waals surface area contributed by atoms with Gasteiger partial charge in [-0.2, -0.15) is 10.1 Å². The van der Waals surface area contributed by atoms with Crippen LogP contribution in [0, 0.1) is 27.7 Å². The molecule has 84 valence electrons. The van der Waals surface area contributed by atoms with Crippen LogP contribution in [0.15, 0.2) is 6.07 Å². The first-order valence-corrected chi connectivity index (χ1v) is 5.13. The number of nitrogens with zero attached hydrogens (tertiary/aromatic N) is 4. The molecule has 5 heteroatoms. The Morgan fingerprint density at radius 2 is 1.81 bits per heavy atom. The minimum atomic E-state index is 0.278. The minimum Gasteiger partial charge on any atom is -0.368 e. The lowest BCUT2D eigenvalue weighted by molar-refractivity contribution is 0.800. The van der Waals surface area contributed by atoms with Crippen molar-refractivity contribution in [3.05, 3.63) is 28.7 Å². The molecule has 0 amide bonds. The molecule has 0 aliphatic heterocycles. The molecule has 0 unspecified atom stereocenters. The first-order valence-electron chi connectivity index (χ1n) is 5.13. The van der Waals surface area contributed by atoms with Gasteiger partial charge in [0.05, 0.1) is 5.69 Å². The second kappa shape index (κ2) is 3.59. The van der Waals surface area contributed by atoms with E-state index in [1.165, 1.54) is 5.56 Å². The summed E-state index contributed by atoms with van der Waals surface area (Å²) in [5.74, 6) is 0.999. The van der Waals surface area contributed by atoms with Crippen molar-refractivity contribution in [2.75, 3.05) is 5.73 Å². The Labute approximate surface area is 94.3 Å². The molecule has 0 fully saturated rings. The van der Waals surface area contributed by atoms with Gasteiger partial charge >= 0.3 is 0 Å². The molecular formula is C11H15N5. The van der Waals surface area contributed by atoms with Gasteiger partial charge in [-0.15, -0.1) is 0 Å². The van der Waals surface area contributed by atoms with Crippen LogP contribution >= 0.6 is 0 Å². The molecule has 0 spiro atoms. The highest BCUT2D eigenvalue weighted by atomic mass is 15.3. The van der Waals surface area contributed by atoms with E-state index in [-0.39, 0.29) is 5.95 Å². The fraction of sp³-hybridized carbons (Fsp3) is 0.364. The van der Waals surface area contributed by atoms with E-state index < -0.39 is 0 Å². The van der Waals surface area contributed by atoms with Crippen LogP contribution in [0.3, 0.4) is 0 Å². The zero-order valence-corrected chi connectivity index (χ0v) is 9.94. The van der Waals surface area contributed by atoms with Gasteiger partial charge in [-0.05, 0) is 33.3 Å². The van der Waals surface area contributed by atoms with Crippen molar-refractivity contribution in [2.24, 2.45) is 0 Å². The van der Waals surface area contributed by atoms with Gasteiger partial charge in [0, 0.05) is 17.5 Å². The van der Waals surface area contributed by atoms with Crippen molar-refractivity contribution in [1.82, 2.24) is 19.7 Å². The van der Waals surface area contributed by atoms with Crippen LogP contribution in [-0.4, -0.2) is 19.7 Å². The van der Waals surface area contributed by atoms with E-state index in [4.69, 9.17) is 5.73 Å². The number of hydrogen-bond acceptors (Lipinski definition) is 4. The van der Waals surface area contributed by atoms with Gasteiger partial charge in [0.2, 0.25) is 5.95 Å². The predicted molar refractivity (Wildman–Crippen MR) is 62.5 cm³/mol. The van der Waals surface area contributed by atoms with Crippen LogP contribution in [-0.2, 0) is 0 Å². The normalized spacial score (nSPS) is 10.8. The Kier molecular flexibility index (Phi) is 2.38. The molecule has 0 aliphatic rings. The van der Waals surface area contributed by atoms with Gasteiger partial charge in [0.15, 0.2) is 5.82 Å². The molecule has 16 heavy (non-hydrogen) atoms. The standard InChI is InChI=1S/C11H15N5/c1-6-5-10(14-11(12)13-6)16-9(4)7(2)8(3)15-16/h5H,1-4H3,(H2,12,13,14). The second-order valence-electron chi connectivity index (χ2n) is 3.93. The Hall–Kier alpha value is -1.91. The van der Waals surface area contributed by atoms with Crippen molar-refractivity contribution in [1.29, 1.82) is 0 Å². The van der Waals surface area contributed by atoms with Crippen molar-refractivity contribution >= 4 is 5.95 Å². The average Bonchev–Trinajstić information content (AvgIpc) is 2.44. The lowest BCUT2D eigenvalue weighted by Crippen LogP contribution is -2.06. The predicted octanol–water partition coefficient (Wildman–Crippen LogP) is 1.48. The maximum atomic E-state index is 5.63. The molecule has 2 N–H and O–H groups in total. The molecule has 0 saturated carbocycles. The van der Waals surface area contributed by atoms with Crippen molar-refractivity contribution in [3.8, 4) is 5.82 Å². The molecule has 0 radical (unpaired) electrons.